The van der Waals surface area contributed by atoms with Crippen molar-refractivity contribution in [2.24, 2.45) is 0 Å². The van der Waals surface area contributed by atoms with Crippen molar-refractivity contribution in [2.45, 2.75) is 12.6 Å². The van der Waals surface area contributed by atoms with Gasteiger partial charge in [0.15, 0.2) is 5.82 Å². The van der Waals surface area contributed by atoms with Crippen molar-refractivity contribution in [3.05, 3.63) is 71.0 Å². The highest BCUT2D eigenvalue weighted by molar-refractivity contribution is 5.88. The number of alkyl halides is 3. The number of carboxylic acids is 1. The van der Waals surface area contributed by atoms with E-state index in [-0.39, 0.29) is 23.7 Å². The Morgan fingerprint density at radius 3 is 2.48 bits per heavy atom. The van der Waals surface area contributed by atoms with Crippen LogP contribution in [0.3, 0.4) is 0 Å². The average Bonchev–Trinajstić information content (AvgIpc) is 3.03. The van der Waals surface area contributed by atoms with Crippen LogP contribution in [0.2, 0.25) is 0 Å². The molecule has 1 heterocycles. The Labute approximate surface area is 139 Å². The third kappa shape index (κ3) is 3.85. The smallest absolute Gasteiger partial charge is 0.416 e. The summed E-state index contributed by atoms with van der Waals surface area (Å²) in [6.07, 6.45) is -4.33. The van der Waals surface area contributed by atoms with E-state index in [2.05, 4.69) is 10.1 Å². The van der Waals surface area contributed by atoms with E-state index in [4.69, 9.17) is 9.63 Å². The molecule has 0 saturated carbocycles. The van der Waals surface area contributed by atoms with Gasteiger partial charge in [-0.05, 0) is 35.9 Å². The maximum atomic E-state index is 12.7. The van der Waals surface area contributed by atoms with Crippen LogP contribution in [0.5, 0.6) is 0 Å². The molecule has 0 spiro atoms. The minimum Gasteiger partial charge on any atom is -0.478 e. The first-order chi connectivity index (χ1) is 11.8. The third-order valence-corrected chi connectivity index (χ3v) is 3.46. The van der Waals surface area contributed by atoms with Crippen molar-refractivity contribution < 1.29 is 27.6 Å². The van der Waals surface area contributed by atoms with Crippen molar-refractivity contribution in [2.75, 3.05) is 0 Å². The van der Waals surface area contributed by atoms with Gasteiger partial charge in [-0.15, -0.1) is 0 Å². The summed E-state index contributed by atoms with van der Waals surface area (Å²) < 4.78 is 43.3. The largest absolute Gasteiger partial charge is 0.478 e. The van der Waals surface area contributed by atoms with Crippen LogP contribution in [-0.2, 0) is 12.6 Å². The van der Waals surface area contributed by atoms with Gasteiger partial charge in [-0.25, -0.2) is 4.79 Å². The Kier molecular flexibility index (Phi) is 4.26. The molecular weight excluding hydrogens is 337 g/mol. The van der Waals surface area contributed by atoms with Crippen LogP contribution in [0, 0.1) is 0 Å². The highest BCUT2D eigenvalue weighted by Crippen LogP contribution is 2.30. The lowest BCUT2D eigenvalue weighted by molar-refractivity contribution is -0.137. The Hall–Kier alpha value is -3.16. The van der Waals surface area contributed by atoms with Gasteiger partial charge >= 0.3 is 12.1 Å². The van der Waals surface area contributed by atoms with Crippen LogP contribution < -0.4 is 0 Å². The minimum atomic E-state index is -4.41. The highest BCUT2D eigenvalue weighted by Gasteiger charge is 2.30. The quantitative estimate of drug-likeness (QED) is 0.770. The Morgan fingerprint density at radius 2 is 1.84 bits per heavy atom. The van der Waals surface area contributed by atoms with Crippen molar-refractivity contribution in [1.29, 1.82) is 0 Å². The summed E-state index contributed by atoms with van der Waals surface area (Å²) in [6.45, 7) is 0. The lowest BCUT2D eigenvalue weighted by atomic mass is 10.1. The highest BCUT2D eigenvalue weighted by atomic mass is 19.4. The summed E-state index contributed by atoms with van der Waals surface area (Å²) in [5.41, 5.74) is 0.307. The molecule has 0 aliphatic carbocycles. The predicted octanol–water partition coefficient (Wildman–Crippen LogP) is 4.04. The summed E-state index contributed by atoms with van der Waals surface area (Å²) in [5.74, 6) is -0.655. The van der Waals surface area contributed by atoms with Crippen LogP contribution in [0.25, 0.3) is 11.5 Å². The first-order valence-electron chi connectivity index (χ1n) is 7.15. The van der Waals surface area contributed by atoms with Gasteiger partial charge in [0.2, 0.25) is 0 Å². The Balaban J connectivity index is 1.79. The van der Waals surface area contributed by atoms with Crippen molar-refractivity contribution in [3.8, 4) is 11.5 Å². The fraction of sp³-hybridized carbons (Fsp3) is 0.118. The van der Waals surface area contributed by atoms with Crippen molar-refractivity contribution in [1.82, 2.24) is 10.1 Å². The van der Waals surface area contributed by atoms with Crippen LogP contribution in [0.1, 0.15) is 27.3 Å². The van der Waals surface area contributed by atoms with Gasteiger partial charge in [0, 0.05) is 12.0 Å². The van der Waals surface area contributed by atoms with Gasteiger partial charge in [-0.1, -0.05) is 23.4 Å². The molecule has 0 unspecified atom stereocenters. The van der Waals surface area contributed by atoms with Gasteiger partial charge in [-0.2, -0.15) is 18.2 Å². The van der Waals surface area contributed by atoms with Crippen LogP contribution in [0.15, 0.2) is 53.1 Å². The summed E-state index contributed by atoms with van der Waals surface area (Å²) in [6, 6.07) is 10.7. The number of benzene rings is 2. The molecule has 8 heteroatoms. The summed E-state index contributed by atoms with van der Waals surface area (Å²) in [4.78, 5) is 15.0. The molecule has 1 N–H and O–H groups in total. The molecule has 0 atom stereocenters. The number of nitrogens with zero attached hydrogens (tertiary/aromatic N) is 2. The second kappa shape index (κ2) is 6.39. The fourth-order valence-corrected chi connectivity index (χ4v) is 2.24. The van der Waals surface area contributed by atoms with Crippen molar-refractivity contribution in [3.63, 3.8) is 0 Å². The van der Waals surface area contributed by atoms with E-state index in [1.165, 1.54) is 30.3 Å². The third-order valence-electron chi connectivity index (χ3n) is 3.46. The number of aromatic carboxylic acids is 1. The SMILES string of the molecule is O=C(O)c1ccc(-c2nc(Cc3cccc(C(F)(F)F)c3)no2)cc1. The number of rotatable bonds is 4. The second-order valence-electron chi connectivity index (χ2n) is 5.27. The Morgan fingerprint density at radius 1 is 1.12 bits per heavy atom. The van der Waals surface area contributed by atoms with Gasteiger partial charge in [0.1, 0.15) is 0 Å². The average molecular weight is 348 g/mol. The number of hydrogen-bond donors (Lipinski definition) is 1. The molecule has 0 saturated heterocycles. The molecule has 3 aromatic rings. The lowest BCUT2D eigenvalue weighted by Gasteiger charge is -2.07. The molecule has 0 fully saturated rings. The monoisotopic (exact) mass is 348 g/mol. The molecule has 25 heavy (non-hydrogen) atoms. The first-order valence-corrected chi connectivity index (χ1v) is 7.15. The van der Waals surface area contributed by atoms with Crippen LogP contribution in [-0.4, -0.2) is 21.2 Å². The van der Waals surface area contributed by atoms with Crippen LogP contribution in [0.4, 0.5) is 13.2 Å². The van der Waals surface area contributed by atoms with E-state index in [1.54, 1.807) is 6.07 Å². The summed E-state index contributed by atoms with van der Waals surface area (Å²) in [7, 11) is 0. The molecule has 3 rings (SSSR count). The van der Waals surface area contributed by atoms with E-state index < -0.39 is 17.7 Å². The van der Waals surface area contributed by atoms with E-state index in [1.807, 2.05) is 0 Å². The number of carboxylic acid groups (broad SMARTS) is 1. The molecular formula is C17H11F3N2O3. The predicted molar refractivity (Wildman–Crippen MR) is 80.9 cm³/mol. The Bertz CT molecular complexity index is 902. The fourth-order valence-electron chi connectivity index (χ4n) is 2.24. The molecule has 1 aromatic heterocycles. The minimum absolute atomic E-state index is 0.0840. The standard InChI is InChI=1S/C17H11F3N2O3/c18-17(19,20)13-3-1-2-10(8-13)9-14-21-15(25-22-14)11-4-6-12(7-5-11)16(23)24/h1-8H,9H2,(H,23,24). The number of halogens is 3. The van der Waals surface area contributed by atoms with Gasteiger partial charge in [0.05, 0.1) is 11.1 Å². The normalized spacial score (nSPS) is 11.5. The van der Waals surface area contributed by atoms with Crippen LogP contribution >= 0.6 is 0 Å². The lowest BCUT2D eigenvalue weighted by Crippen LogP contribution is -2.05. The maximum absolute atomic E-state index is 12.7. The van der Waals surface area contributed by atoms with E-state index >= 15 is 0 Å². The number of carbonyl (C=O) groups is 1. The topological polar surface area (TPSA) is 76.2 Å². The zero-order valence-electron chi connectivity index (χ0n) is 12.6. The number of hydrogen-bond acceptors (Lipinski definition) is 4. The zero-order valence-corrected chi connectivity index (χ0v) is 12.6. The molecule has 2 aromatic carbocycles. The van der Waals surface area contributed by atoms with E-state index in [9.17, 15) is 18.0 Å². The first kappa shape index (κ1) is 16.7. The molecule has 0 aliphatic heterocycles. The van der Waals surface area contributed by atoms with E-state index in [0.29, 0.717) is 11.1 Å². The maximum Gasteiger partial charge on any atom is 0.416 e. The molecule has 5 nitrogen and oxygen atoms in total. The summed E-state index contributed by atoms with van der Waals surface area (Å²) in [5, 5.41) is 12.6. The van der Waals surface area contributed by atoms with Gasteiger partial charge in [0.25, 0.3) is 5.89 Å². The molecule has 0 aliphatic rings. The summed E-state index contributed by atoms with van der Waals surface area (Å²) >= 11 is 0. The number of aromatic nitrogens is 2. The zero-order chi connectivity index (χ0) is 18.0. The van der Waals surface area contributed by atoms with Gasteiger partial charge < -0.3 is 9.63 Å². The molecule has 0 radical (unpaired) electrons. The van der Waals surface area contributed by atoms with E-state index in [0.717, 1.165) is 12.1 Å². The van der Waals surface area contributed by atoms with Crippen molar-refractivity contribution >= 4 is 5.97 Å². The molecule has 0 amide bonds. The second-order valence-corrected chi connectivity index (χ2v) is 5.27. The van der Waals surface area contributed by atoms with Gasteiger partial charge in [-0.3, -0.25) is 0 Å². The molecule has 0 bridgehead atoms. The molecule has 128 valence electrons.